The summed E-state index contributed by atoms with van der Waals surface area (Å²) in [4.78, 5) is 20.2. The number of ether oxygens (including phenoxy) is 1. The lowest BCUT2D eigenvalue weighted by Crippen LogP contribution is -2.30. The summed E-state index contributed by atoms with van der Waals surface area (Å²) in [7, 11) is 0. The van der Waals surface area contributed by atoms with Crippen molar-refractivity contribution in [2.45, 2.75) is 58.1 Å². The topological polar surface area (TPSA) is 102 Å². The molecular weight excluding hydrogens is 306 g/mol. The highest BCUT2D eigenvalue weighted by Gasteiger charge is 2.22. The Morgan fingerprint density at radius 2 is 2.08 bits per heavy atom. The molecule has 1 aromatic heterocycles. The zero-order valence-corrected chi connectivity index (χ0v) is 14.5. The fraction of sp³-hybridized carbons (Fsp3) is 0.588. The number of amides is 1. The fourth-order valence-corrected chi connectivity index (χ4v) is 2.77. The molecule has 4 N–H and O–H groups in total. The zero-order valence-electron chi connectivity index (χ0n) is 14.5. The molecule has 0 unspecified atom stereocenters. The van der Waals surface area contributed by atoms with E-state index in [1.807, 2.05) is 13.8 Å². The first-order valence-electron chi connectivity index (χ1n) is 8.53. The minimum atomic E-state index is -0.565. The average Bonchev–Trinajstić information content (AvgIpc) is 2.56. The van der Waals surface area contributed by atoms with E-state index in [1.165, 1.54) is 6.20 Å². The number of nitrogens with one attached hydrogen (secondary N) is 2. The second-order valence-electron chi connectivity index (χ2n) is 5.98. The highest BCUT2D eigenvalue weighted by atomic mass is 16.5. The molecule has 1 aliphatic carbocycles. The van der Waals surface area contributed by atoms with Crippen molar-refractivity contribution in [3.63, 3.8) is 0 Å². The van der Waals surface area contributed by atoms with Crippen LogP contribution in [0.5, 0.6) is 0 Å². The van der Waals surface area contributed by atoms with Crippen LogP contribution in [-0.2, 0) is 4.74 Å². The number of primary amides is 1. The monoisotopic (exact) mass is 333 g/mol. The molecule has 7 heteroatoms. The number of nitrogens with two attached hydrogens (primary N) is 1. The summed E-state index contributed by atoms with van der Waals surface area (Å²) in [5, 5.41) is 6.38. The Labute approximate surface area is 143 Å². The first-order chi connectivity index (χ1) is 11.5. The Hall–Kier alpha value is -2.15. The van der Waals surface area contributed by atoms with Crippen LogP contribution in [0.2, 0.25) is 0 Å². The number of carbonyl (C=O) groups excluding carboxylic acids is 1. The summed E-state index contributed by atoms with van der Waals surface area (Å²) in [5.74, 6) is 0.325. The highest BCUT2D eigenvalue weighted by Crippen LogP contribution is 2.24. The number of aromatic nitrogens is 2. The van der Waals surface area contributed by atoms with Crippen molar-refractivity contribution in [1.29, 1.82) is 0 Å². The van der Waals surface area contributed by atoms with E-state index >= 15 is 0 Å². The molecule has 0 saturated heterocycles. The summed E-state index contributed by atoms with van der Waals surface area (Å²) < 4.78 is 5.67. The standard InChI is InChI=1S/C17H27N5O2/c1-4-11(3)20-16-14(15(18)23)10-19-17(22-16)21-12-6-8-13(9-7-12)24-5-2/h10,12-13H,3-9H2,1-2H3,(H2,18,23)(H2,19,20,21,22). The lowest BCUT2D eigenvalue weighted by atomic mass is 9.93. The van der Waals surface area contributed by atoms with Gasteiger partial charge in [-0.05, 0) is 39.0 Å². The van der Waals surface area contributed by atoms with Crippen molar-refractivity contribution in [1.82, 2.24) is 9.97 Å². The molecule has 1 aromatic rings. The van der Waals surface area contributed by atoms with Crippen molar-refractivity contribution in [2.24, 2.45) is 5.73 Å². The van der Waals surface area contributed by atoms with E-state index in [4.69, 9.17) is 10.5 Å². The largest absolute Gasteiger partial charge is 0.379 e. The summed E-state index contributed by atoms with van der Waals surface area (Å²) in [6.45, 7) is 8.64. The molecule has 1 fully saturated rings. The Morgan fingerprint density at radius 1 is 1.38 bits per heavy atom. The van der Waals surface area contributed by atoms with Crippen molar-refractivity contribution in [3.8, 4) is 0 Å². The maximum atomic E-state index is 11.5. The summed E-state index contributed by atoms with van der Waals surface area (Å²) >= 11 is 0. The van der Waals surface area contributed by atoms with Gasteiger partial charge in [-0.1, -0.05) is 13.5 Å². The number of hydrogen-bond acceptors (Lipinski definition) is 6. The molecule has 1 heterocycles. The third-order valence-electron chi connectivity index (χ3n) is 4.19. The molecule has 1 amide bonds. The molecular formula is C17H27N5O2. The van der Waals surface area contributed by atoms with Gasteiger partial charge >= 0.3 is 0 Å². The van der Waals surface area contributed by atoms with Crippen LogP contribution in [0.15, 0.2) is 18.5 Å². The van der Waals surface area contributed by atoms with Gasteiger partial charge < -0.3 is 21.1 Å². The molecule has 2 rings (SSSR count). The maximum Gasteiger partial charge on any atom is 0.254 e. The maximum absolute atomic E-state index is 11.5. The van der Waals surface area contributed by atoms with Crippen LogP contribution in [-0.4, -0.2) is 34.6 Å². The lowest BCUT2D eigenvalue weighted by molar-refractivity contribution is 0.0346. The molecule has 1 saturated carbocycles. The van der Waals surface area contributed by atoms with Gasteiger partial charge in [0.25, 0.3) is 5.91 Å². The highest BCUT2D eigenvalue weighted by molar-refractivity contribution is 5.97. The summed E-state index contributed by atoms with van der Waals surface area (Å²) in [6.07, 6.45) is 6.62. The molecule has 0 spiro atoms. The number of anilines is 2. The third-order valence-corrected chi connectivity index (χ3v) is 4.19. The summed E-state index contributed by atoms with van der Waals surface area (Å²) in [6, 6.07) is 0.309. The van der Waals surface area contributed by atoms with Crippen LogP contribution in [0.3, 0.4) is 0 Å². The van der Waals surface area contributed by atoms with Gasteiger partial charge in [0.2, 0.25) is 5.95 Å². The van der Waals surface area contributed by atoms with Crippen LogP contribution in [0.25, 0.3) is 0 Å². The van der Waals surface area contributed by atoms with Crippen molar-refractivity contribution < 1.29 is 9.53 Å². The molecule has 24 heavy (non-hydrogen) atoms. The third kappa shape index (κ3) is 4.92. The quantitative estimate of drug-likeness (QED) is 0.676. The smallest absolute Gasteiger partial charge is 0.254 e. The molecule has 0 radical (unpaired) electrons. The van der Waals surface area contributed by atoms with Crippen LogP contribution >= 0.6 is 0 Å². The fourth-order valence-electron chi connectivity index (χ4n) is 2.77. The van der Waals surface area contributed by atoms with Crippen molar-refractivity contribution in [2.75, 3.05) is 17.2 Å². The molecule has 0 bridgehead atoms. The number of carbonyl (C=O) groups is 1. The number of hydrogen-bond donors (Lipinski definition) is 3. The predicted octanol–water partition coefficient (Wildman–Crippen LogP) is 2.67. The van der Waals surface area contributed by atoms with Crippen LogP contribution in [0.1, 0.15) is 56.3 Å². The van der Waals surface area contributed by atoms with Gasteiger partial charge in [-0.3, -0.25) is 4.79 Å². The van der Waals surface area contributed by atoms with E-state index in [0.29, 0.717) is 23.9 Å². The van der Waals surface area contributed by atoms with Gasteiger partial charge in [0.15, 0.2) is 0 Å². The molecule has 132 valence electrons. The van der Waals surface area contributed by atoms with Crippen LogP contribution < -0.4 is 16.4 Å². The normalized spacial score (nSPS) is 20.4. The first-order valence-corrected chi connectivity index (χ1v) is 8.53. The Kier molecular flexibility index (Phi) is 6.54. The Morgan fingerprint density at radius 3 is 2.67 bits per heavy atom. The van der Waals surface area contributed by atoms with Crippen LogP contribution in [0, 0.1) is 0 Å². The van der Waals surface area contributed by atoms with E-state index < -0.39 is 5.91 Å². The number of rotatable bonds is 8. The van der Waals surface area contributed by atoms with Gasteiger partial charge in [-0.2, -0.15) is 4.98 Å². The van der Waals surface area contributed by atoms with Crippen LogP contribution in [0.4, 0.5) is 11.8 Å². The Bertz CT molecular complexity index is 582. The van der Waals surface area contributed by atoms with Gasteiger partial charge in [0.05, 0.1) is 6.10 Å². The lowest BCUT2D eigenvalue weighted by Gasteiger charge is -2.29. The van der Waals surface area contributed by atoms with Gasteiger partial charge in [0, 0.05) is 24.5 Å². The van der Waals surface area contributed by atoms with Crippen molar-refractivity contribution in [3.05, 3.63) is 24.0 Å². The van der Waals surface area contributed by atoms with Gasteiger partial charge in [-0.25, -0.2) is 4.98 Å². The minimum absolute atomic E-state index is 0.259. The second-order valence-corrected chi connectivity index (χ2v) is 5.98. The second kappa shape index (κ2) is 8.63. The number of allylic oxidation sites excluding steroid dienone is 1. The first kappa shape index (κ1) is 18.2. The summed E-state index contributed by atoms with van der Waals surface area (Å²) in [5.41, 5.74) is 6.41. The van der Waals surface area contributed by atoms with E-state index in [9.17, 15) is 4.79 Å². The molecule has 0 atom stereocenters. The SMILES string of the molecule is C=C(CC)Nc1nc(NC2CCC(OCC)CC2)ncc1C(N)=O. The minimum Gasteiger partial charge on any atom is -0.379 e. The van der Waals surface area contributed by atoms with E-state index in [0.717, 1.165) is 44.4 Å². The van der Waals surface area contributed by atoms with Gasteiger partial charge in [-0.15, -0.1) is 0 Å². The van der Waals surface area contributed by atoms with E-state index in [2.05, 4.69) is 27.2 Å². The van der Waals surface area contributed by atoms with E-state index in [-0.39, 0.29) is 5.56 Å². The predicted molar refractivity (Wildman–Crippen MR) is 94.9 cm³/mol. The van der Waals surface area contributed by atoms with Crippen molar-refractivity contribution >= 4 is 17.7 Å². The molecule has 0 aromatic carbocycles. The number of nitrogens with zero attached hydrogens (tertiary/aromatic N) is 2. The average molecular weight is 333 g/mol. The zero-order chi connectivity index (χ0) is 17.5. The Balaban J connectivity index is 2.04. The molecule has 0 aliphatic heterocycles. The van der Waals surface area contributed by atoms with E-state index in [1.54, 1.807) is 0 Å². The molecule has 1 aliphatic rings. The molecule has 7 nitrogen and oxygen atoms in total. The van der Waals surface area contributed by atoms with Gasteiger partial charge in [0.1, 0.15) is 11.4 Å².